The molecule has 2 atom stereocenters. The highest BCUT2D eigenvalue weighted by atomic mass is 32.2. The van der Waals surface area contributed by atoms with E-state index in [-0.39, 0.29) is 31.5 Å². The number of amides is 2. The van der Waals surface area contributed by atoms with Gasteiger partial charge in [0, 0.05) is 39.3 Å². The lowest BCUT2D eigenvalue weighted by Gasteiger charge is -2.38. The summed E-state index contributed by atoms with van der Waals surface area (Å²) in [7, 11) is -3.51. The Kier molecular flexibility index (Phi) is 9.73. The van der Waals surface area contributed by atoms with E-state index >= 15 is 0 Å². The summed E-state index contributed by atoms with van der Waals surface area (Å²) in [5, 5.41) is 2.74. The summed E-state index contributed by atoms with van der Waals surface area (Å²) in [6, 6.07) is 8.64. The normalized spacial score (nSPS) is 20.2. The number of hydrogen-bond acceptors (Lipinski definition) is 5. The van der Waals surface area contributed by atoms with Gasteiger partial charge in [-0.1, -0.05) is 63.4 Å². The lowest BCUT2D eigenvalue weighted by atomic mass is 9.97. The fraction of sp³-hybridized carbons (Fsp3) is 0.667. The maximum atomic E-state index is 13.3. The highest BCUT2D eigenvalue weighted by Crippen LogP contribution is 2.19. The summed E-state index contributed by atoms with van der Waals surface area (Å²) in [5.74, 6) is -0.284. The van der Waals surface area contributed by atoms with Crippen LogP contribution in [-0.2, 0) is 26.3 Å². The summed E-state index contributed by atoms with van der Waals surface area (Å²) < 4.78 is 34.5. The second kappa shape index (κ2) is 12.5. The molecule has 2 aliphatic rings. The summed E-state index contributed by atoms with van der Waals surface area (Å²) in [5.41, 5.74) is 0.866. The van der Waals surface area contributed by atoms with E-state index in [4.69, 9.17) is 4.74 Å². The molecule has 0 spiro atoms. The fourth-order valence-corrected chi connectivity index (χ4v) is 6.02. The zero-order valence-electron chi connectivity index (χ0n) is 20.3. The number of alkyl carbamates (subject to hydrolysis) is 1. The van der Waals surface area contributed by atoms with Crippen molar-refractivity contribution in [2.45, 2.75) is 58.6 Å². The molecular weight excluding hydrogens is 456 g/mol. The minimum Gasteiger partial charge on any atom is -0.445 e. The van der Waals surface area contributed by atoms with Crippen molar-refractivity contribution in [3.05, 3.63) is 35.9 Å². The predicted molar refractivity (Wildman–Crippen MR) is 130 cm³/mol. The molecule has 1 N–H and O–H groups in total. The highest BCUT2D eigenvalue weighted by molar-refractivity contribution is 7.86. The first-order valence-corrected chi connectivity index (χ1v) is 13.7. The second-order valence-corrected chi connectivity index (χ2v) is 11.0. The molecule has 1 aromatic rings. The molecule has 0 unspecified atom stereocenters. The Balaban J connectivity index is 1.56. The molecule has 2 aliphatic heterocycles. The van der Waals surface area contributed by atoms with Crippen LogP contribution in [0.4, 0.5) is 4.79 Å². The van der Waals surface area contributed by atoms with Crippen molar-refractivity contribution in [2.75, 3.05) is 39.3 Å². The van der Waals surface area contributed by atoms with Crippen molar-refractivity contribution in [1.29, 1.82) is 0 Å². The minimum atomic E-state index is -3.51. The van der Waals surface area contributed by atoms with Crippen LogP contribution >= 0.6 is 0 Å². The van der Waals surface area contributed by atoms with Gasteiger partial charge in [0.15, 0.2) is 0 Å². The smallest absolute Gasteiger partial charge is 0.408 e. The van der Waals surface area contributed by atoms with Crippen LogP contribution in [0.15, 0.2) is 30.3 Å². The number of hydrogen-bond donors (Lipinski definition) is 1. The molecule has 0 saturated carbocycles. The van der Waals surface area contributed by atoms with Crippen molar-refractivity contribution in [3.8, 4) is 0 Å². The third kappa shape index (κ3) is 6.93. The van der Waals surface area contributed by atoms with E-state index in [0.29, 0.717) is 32.6 Å². The maximum Gasteiger partial charge on any atom is 0.408 e. The average Bonchev–Trinajstić information content (AvgIpc) is 3.16. The van der Waals surface area contributed by atoms with Crippen molar-refractivity contribution in [1.82, 2.24) is 18.8 Å². The van der Waals surface area contributed by atoms with Gasteiger partial charge < -0.3 is 15.0 Å². The van der Waals surface area contributed by atoms with Crippen LogP contribution in [0, 0.1) is 5.92 Å². The van der Waals surface area contributed by atoms with E-state index in [1.54, 1.807) is 9.21 Å². The van der Waals surface area contributed by atoms with Crippen molar-refractivity contribution in [3.63, 3.8) is 0 Å². The Labute approximate surface area is 203 Å². The number of ether oxygens (including phenoxy) is 1. The monoisotopic (exact) mass is 494 g/mol. The van der Waals surface area contributed by atoms with E-state index in [2.05, 4.69) is 5.32 Å². The van der Waals surface area contributed by atoms with Gasteiger partial charge in [-0.3, -0.25) is 4.79 Å². The molecule has 0 bridgehead atoms. The van der Waals surface area contributed by atoms with Crippen LogP contribution in [0.25, 0.3) is 0 Å². The van der Waals surface area contributed by atoms with Crippen LogP contribution in [-0.4, -0.2) is 79.2 Å². The number of piperazine rings is 1. The Morgan fingerprint density at radius 2 is 1.53 bits per heavy atom. The van der Waals surface area contributed by atoms with Gasteiger partial charge in [-0.05, 0) is 24.3 Å². The van der Waals surface area contributed by atoms with Gasteiger partial charge in [-0.25, -0.2) is 4.79 Å². The quantitative estimate of drug-likeness (QED) is 0.599. The van der Waals surface area contributed by atoms with E-state index in [9.17, 15) is 18.0 Å². The van der Waals surface area contributed by atoms with Gasteiger partial charge in [0.2, 0.25) is 5.91 Å². The van der Waals surface area contributed by atoms with Gasteiger partial charge in [0.1, 0.15) is 12.6 Å². The fourth-order valence-electron chi connectivity index (χ4n) is 4.35. The molecule has 9 nitrogen and oxygen atoms in total. The molecule has 2 heterocycles. The van der Waals surface area contributed by atoms with Crippen LogP contribution in [0.1, 0.15) is 51.5 Å². The number of carbonyl (C=O) groups is 2. The molecule has 2 saturated heterocycles. The van der Waals surface area contributed by atoms with Gasteiger partial charge in [-0.2, -0.15) is 17.0 Å². The first-order chi connectivity index (χ1) is 16.3. The summed E-state index contributed by atoms with van der Waals surface area (Å²) in [6.07, 6.45) is 3.97. The lowest BCUT2D eigenvalue weighted by Crippen LogP contribution is -2.58. The molecule has 3 rings (SSSR count). The largest absolute Gasteiger partial charge is 0.445 e. The molecule has 10 heteroatoms. The third-order valence-electron chi connectivity index (χ3n) is 6.73. The van der Waals surface area contributed by atoms with Crippen LogP contribution < -0.4 is 5.32 Å². The van der Waals surface area contributed by atoms with Crippen molar-refractivity contribution < 1.29 is 22.7 Å². The predicted octanol–water partition coefficient (Wildman–Crippen LogP) is 2.59. The average molecular weight is 495 g/mol. The zero-order chi connectivity index (χ0) is 24.6. The van der Waals surface area contributed by atoms with Gasteiger partial charge in [0.05, 0.1) is 0 Å². The SMILES string of the molecule is CC[C@H](C)[C@H](NC(=O)OCc1ccccc1)C(=O)N1CCN(S(=O)(=O)N2CCCCCC2)CC1. The Morgan fingerprint density at radius 1 is 0.941 bits per heavy atom. The van der Waals surface area contributed by atoms with E-state index in [1.165, 1.54) is 4.31 Å². The first kappa shape index (κ1) is 26.4. The molecule has 2 fully saturated rings. The molecule has 34 heavy (non-hydrogen) atoms. The van der Waals surface area contributed by atoms with Crippen LogP contribution in [0.5, 0.6) is 0 Å². The molecule has 1 aromatic carbocycles. The van der Waals surface area contributed by atoms with E-state index in [0.717, 1.165) is 31.2 Å². The molecule has 0 radical (unpaired) electrons. The molecule has 2 amide bonds. The summed E-state index contributed by atoms with van der Waals surface area (Å²) in [4.78, 5) is 27.4. The van der Waals surface area contributed by atoms with Crippen LogP contribution in [0.2, 0.25) is 0 Å². The van der Waals surface area contributed by atoms with E-state index < -0.39 is 22.3 Å². The maximum absolute atomic E-state index is 13.3. The van der Waals surface area contributed by atoms with Gasteiger partial charge in [0.25, 0.3) is 10.2 Å². The highest BCUT2D eigenvalue weighted by Gasteiger charge is 2.36. The zero-order valence-corrected chi connectivity index (χ0v) is 21.1. The molecule has 190 valence electrons. The minimum absolute atomic E-state index is 0.0874. The first-order valence-electron chi connectivity index (χ1n) is 12.3. The van der Waals surface area contributed by atoms with Gasteiger partial charge >= 0.3 is 6.09 Å². The Hall–Kier alpha value is -2.17. The summed E-state index contributed by atoms with van der Waals surface area (Å²) >= 11 is 0. The lowest BCUT2D eigenvalue weighted by molar-refractivity contribution is -0.135. The summed E-state index contributed by atoms with van der Waals surface area (Å²) in [6.45, 7) is 6.26. The number of carbonyl (C=O) groups excluding carboxylic acids is 2. The number of nitrogens with zero attached hydrogens (tertiary/aromatic N) is 3. The Bertz CT molecular complexity index is 895. The van der Waals surface area contributed by atoms with Crippen LogP contribution in [0.3, 0.4) is 0 Å². The van der Waals surface area contributed by atoms with Crippen molar-refractivity contribution in [2.24, 2.45) is 5.92 Å². The number of nitrogens with one attached hydrogen (secondary N) is 1. The standard InChI is InChI=1S/C24H38N4O5S/c1-3-20(2)22(25-24(30)33-19-21-11-7-6-8-12-21)23(29)26-15-17-28(18-16-26)34(31,32)27-13-9-4-5-10-14-27/h6-8,11-12,20,22H,3-5,9-10,13-19H2,1-2H3,(H,25,30)/t20-,22-/m0/s1. The van der Waals surface area contributed by atoms with E-state index in [1.807, 2.05) is 44.2 Å². The third-order valence-corrected chi connectivity index (χ3v) is 8.77. The number of rotatable bonds is 8. The second-order valence-electron chi connectivity index (χ2n) is 9.11. The molecule has 0 aromatic heterocycles. The van der Waals surface area contributed by atoms with Crippen molar-refractivity contribution >= 4 is 22.2 Å². The Morgan fingerprint density at radius 3 is 2.12 bits per heavy atom. The van der Waals surface area contributed by atoms with Gasteiger partial charge in [-0.15, -0.1) is 0 Å². The molecular formula is C24H38N4O5S. The topological polar surface area (TPSA) is 99.3 Å². The molecule has 0 aliphatic carbocycles. The number of benzene rings is 1.